The molecule has 0 saturated heterocycles. The first-order valence-corrected chi connectivity index (χ1v) is 10.3. The number of nitrogens with one attached hydrogen (secondary N) is 1. The van der Waals surface area contributed by atoms with Crippen LogP contribution in [0.2, 0.25) is 0 Å². The number of rotatable bonds is 7. The number of hydrogen-bond acceptors (Lipinski definition) is 4. The molecule has 0 spiro atoms. The SMILES string of the molecule is FC(F)(F)Oc1ccc(-c2cccc3cc(Cc4nccc(OCC5CC5)n4)[nH]c23)cc1. The van der Waals surface area contributed by atoms with Crippen LogP contribution in [0.5, 0.6) is 11.6 Å². The molecule has 0 radical (unpaired) electrons. The Labute approximate surface area is 182 Å². The minimum Gasteiger partial charge on any atom is -0.477 e. The highest BCUT2D eigenvalue weighted by molar-refractivity contribution is 5.94. The van der Waals surface area contributed by atoms with E-state index in [0.29, 0.717) is 30.7 Å². The second-order valence-corrected chi connectivity index (χ2v) is 7.88. The highest BCUT2D eigenvalue weighted by Gasteiger charge is 2.31. The standard InChI is InChI=1S/C24H20F3N3O2/c25-24(26,27)32-19-8-6-16(7-9-19)20-3-1-2-17-12-18(29-23(17)20)13-21-28-11-10-22(30-21)31-14-15-4-5-15/h1-3,6-12,15,29H,4-5,13-14H2. The van der Waals surface area contributed by atoms with Crippen LogP contribution in [0.25, 0.3) is 22.0 Å². The predicted octanol–water partition coefficient (Wildman–Crippen LogP) is 5.90. The number of ether oxygens (including phenoxy) is 2. The molecule has 2 aromatic heterocycles. The van der Waals surface area contributed by atoms with Crippen molar-refractivity contribution in [3.05, 3.63) is 72.3 Å². The number of halogens is 3. The molecule has 32 heavy (non-hydrogen) atoms. The van der Waals surface area contributed by atoms with Crippen LogP contribution < -0.4 is 9.47 Å². The molecule has 2 heterocycles. The van der Waals surface area contributed by atoms with Gasteiger partial charge in [0.05, 0.1) is 12.1 Å². The van der Waals surface area contributed by atoms with Crippen LogP contribution in [0.3, 0.4) is 0 Å². The fourth-order valence-electron chi connectivity index (χ4n) is 3.59. The smallest absolute Gasteiger partial charge is 0.477 e. The summed E-state index contributed by atoms with van der Waals surface area (Å²) in [5.41, 5.74) is 3.50. The first kappa shape index (κ1) is 20.4. The van der Waals surface area contributed by atoms with Gasteiger partial charge in [-0.25, -0.2) is 4.98 Å². The molecule has 2 aromatic carbocycles. The molecule has 1 aliphatic carbocycles. The molecule has 1 saturated carbocycles. The van der Waals surface area contributed by atoms with Crippen LogP contribution in [0.4, 0.5) is 13.2 Å². The van der Waals surface area contributed by atoms with Crippen molar-refractivity contribution in [1.29, 1.82) is 0 Å². The topological polar surface area (TPSA) is 60.0 Å². The number of aromatic nitrogens is 3. The van der Waals surface area contributed by atoms with Crippen molar-refractivity contribution < 1.29 is 22.6 Å². The van der Waals surface area contributed by atoms with E-state index in [-0.39, 0.29) is 5.75 Å². The molecule has 5 rings (SSSR count). The van der Waals surface area contributed by atoms with Gasteiger partial charge < -0.3 is 14.5 Å². The lowest BCUT2D eigenvalue weighted by atomic mass is 10.0. The lowest BCUT2D eigenvalue weighted by molar-refractivity contribution is -0.274. The minimum absolute atomic E-state index is 0.249. The van der Waals surface area contributed by atoms with Crippen molar-refractivity contribution in [3.8, 4) is 22.8 Å². The summed E-state index contributed by atoms with van der Waals surface area (Å²) in [5, 5.41) is 0.995. The van der Waals surface area contributed by atoms with Gasteiger partial charge in [-0.2, -0.15) is 4.98 Å². The Balaban J connectivity index is 1.37. The predicted molar refractivity (Wildman–Crippen MR) is 113 cm³/mol. The van der Waals surface area contributed by atoms with Crippen molar-refractivity contribution in [2.45, 2.75) is 25.6 Å². The Bertz CT molecular complexity index is 1230. The Morgan fingerprint density at radius 3 is 2.59 bits per heavy atom. The second-order valence-electron chi connectivity index (χ2n) is 7.88. The Kier molecular flexibility index (Phi) is 5.20. The number of fused-ring (bicyclic) bond motifs is 1. The summed E-state index contributed by atoms with van der Waals surface area (Å²) in [6, 6.07) is 15.5. The van der Waals surface area contributed by atoms with Gasteiger partial charge in [0.2, 0.25) is 5.88 Å². The van der Waals surface area contributed by atoms with E-state index < -0.39 is 6.36 Å². The van der Waals surface area contributed by atoms with Crippen LogP contribution in [0.15, 0.2) is 60.8 Å². The van der Waals surface area contributed by atoms with E-state index in [1.54, 1.807) is 24.4 Å². The number of para-hydroxylation sites is 1. The third-order valence-electron chi connectivity index (χ3n) is 5.30. The maximum Gasteiger partial charge on any atom is 0.573 e. The summed E-state index contributed by atoms with van der Waals surface area (Å²) >= 11 is 0. The summed E-state index contributed by atoms with van der Waals surface area (Å²) in [7, 11) is 0. The summed E-state index contributed by atoms with van der Waals surface area (Å²) in [5.74, 6) is 1.64. The van der Waals surface area contributed by atoms with E-state index >= 15 is 0 Å². The summed E-state index contributed by atoms with van der Waals surface area (Å²) in [6.07, 6.45) is -0.0740. The zero-order valence-electron chi connectivity index (χ0n) is 17.0. The first-order valence-electron chi connectivity index (χ1n) is 10.3. The number of H-pyrrole nitrogens is 1. The summed E-state index contributed by atoms with van der Waals surface area (Å²) in [6.45, 7) is 0.693. The zero-order chi connectivity index (χ0) is 22.1. The van der Waals surface area contributed by atoms with E-state index in [0.717, 1.165) is 27.7 Å². The maximum absolute atomic E-state index is 12.4. The van der Waals surface area contributed by atoms with Gasteiger partial charge in [-0.3, -0.25) is 0 Å². The zero-order valence-corrected chi connectivity index (χ0v) is 17.0. The van der Waals surface area contributed by atoms with Gasteiger partial charge in [-0.15, -0.1) is 13.2 Å². The lowest BCUT2D eigenvalue weighted by Crippen LogP contribution is -2.16. The van der Waals surface area contributed by atoms with Gasteiger partial charge in [-0.05, 0) is 42.5 Å². The van der Waals surface area contributed by atoms with Gasteiger partial charge in [0, 0.05) is 35.3 Å². The normalized spacial score (nSPS) is 14.0. The quantitative estimate of drug-likeness (QED) is 0.389. The summed E-state index contributed by atoms with van der Waals surface area (Å²) in [4.78, 5) is 12.3. The molecule has 0 unspecified atom stereocenters. The molecule has 0 bridgehead atoms. The number of alkyl halides is 3. The average molecular weight is 439 g/mol. The van der Waals surface area contributed by atoms with Gasteiger partial charge in [0.15, 0.2) is 0 Å². The van der Waals surface area contributed by atoms with E-state index in [4.69, 9.17) is 4.74 Å². The van der Waals surface area contributed by atoms with Crippen molar-refractivity contribution >= 4 is 10.9 Å². The number of nitrogens with zero attached hydrogens (tertiary/aromatic N) is 2. The fourth-order valence-corrected chi connectivity index (χ4v) is 3.59. The van der Waals surface area contributed by atoms with Gasteiger partial charge in [-0.1, -0.05) is 30.3 Å². The van der Waals surface area contributed by atoms with Crippen LogP contribution in [0, 0.1) is 5.92 Å². The molecule has 164 valence electrons. The second kappa shape index (κ2) is 8.18. The molecule has 5 nitrogen and oxygen atoms in total. The third-order valence-corrected chi connectivity index (χ3v) is 5.30. The number of hydrogen-bond donors (Lipinski definition) is 1. The third kappa shape index (κ3) is 4.85. The van der Waals surface area contributed by atoms with E-state index in [9.17, 15) is 13.2 Å². The largest absolute Gasteiger partial charge is 0.573 e. The van der Waals surface area contributed by atoms with E-state index in [1.165, 1.54) is 25.0 Å². The van der Waals surface area contributed by atoms with Crippen molar-refractivity contribution in [2.75, 3.05) is 6.61 Å². The van der Waals surface area contributed by atoms with Crippen molar-refractivity contribution in [3.63, 3.8) is 0 Å². The Hall–Kier alpha value is -3.55. The monoisotopic (exact) mass is 439 g/mol. The van der Waals surface area contributed by atoms with E-state index in [1.807, 2.05) is 24.3 Å². The molecule has 0 amide bonds. The highest BCUT2D eigenvalue weighted by Crippen LogP contribution is 2.32. The number of benzene rings is 2. The molecule has 1 aliphatic rings. The molecule has 1 fully saturated rings. The average Bonchev–Trinajstić information content (AvgIpc) is 3.49. The van der Waals surface area contributed by atoms with Crippen molar-refractivity contribution in [2.24, 2.45) is 5.92 Å². The lowest BCUT2D eigenvalue weighted by Gasteiger charge is -2.09. The van der Waals surface area contributed by atoms with Crippen LogP contribution >= 0.6 is 0 Å². The van der Waals surface area contributed by atoms with Gasteiger partial charge >= 0.3 is 6.36 Å². The molecule has 1 N–H and O–H groups in total. The van der Waals surface area contributed by atoms with Crippen LogP contribution in [0.1, 0.15) is 24.4 Å². The van der Waals surface area contributed by atoms with Gasteiger partial charge in [0.1, 0.15) is 11.6 Å². The maximum atomic E-state index is 12.4. The molecular weight excluding hydrogens is 419 g/mol. The Morgan fingerprint density at radius 1 is 1.03 bits per heavy atom. The molecule has 0 atom stereocenters. The van der Waals surface area contributed by atoms with Crippen LogP contribution in [-0.2, 0) is 6.42 Å². The van der Waals surface area contributed by atoms with Crippen molar-refractivity contribution in [1.82, 2.24) is 15.0 Å². The van der Waals surface area contributed by atoms with E-state index in [2.05, 4.69) is 19.7 Å². The molecular formula is C24H20F3N3O2. The number of aromatic amines is 1. The highest BCUT2D eigenvalue weighted by atomic mass is 19.4. The minimum atomic E-state index is -4.71. The molecule has 4 aromatic rings. The fraction of sp³-hybridized carbons (Fsp3) is 0.250. The molecule has 0 aliphatic heterocycles. The first-order chi connectivity index (χ1) is 15.4. The molecule has 8 heteroatoms. The summed E-state index contributed by atoms with van der Waals surface area (Å²) < 4.78 is 47.0. The van der Waals surface area contributed by atoms with Crippen LogP contribution in [-0.4, -0.2) is 27.9 Å². The Morgan fingerprint density at radius 2 is 1.84 bits per heavy atom. The van der Waals surface area contributed by atoms with Gasteiger partial charge in [0.25, 0.3) is 0 Å².